The number of rotatable bonds is 5. The molecule has 1 aliphatic carbocycles. The number of hydrogen-bond donors (Lipinski definition) is 2. The van der Waals surface area contributed by atoms with Crippen molar-refractivity contribution >= 4 is 6.09 Å². The van der Waals surface area contributed by atoms with Gasteiger partial charge in [-0.3, -0.25) is 0 Å². The predicted molar refractivity (Wildman–Crippen MR) is 109 cm³/mol. The fourth-order valence-corrected chi connectivity index (χ4v) is 3.91. The van der Waals surface area contributed by atoms with Crippen molar-refractivity contribution in [2.45, 2.75) is 25.0 Å². The van der Waals surface area contributed by atoms with Gasteiger partial charge in [-0.15, -0.1) is 0 Å². The van der Waals surface area contributed by atoms with Crippen molar-refractivity contribution in [2.75, 3.05) is 6.61 Å². The monoisotopic (exact) mass is 373 g/mol. The lowest BCUT2D eigenvalue weighted by Crippen LogP contribution is -2.36. The van der Waals surface area contributed by atoms with Gasteiger partial charge in [0.15, 0.2) is 0 Å². The Hall–Kier alpha value is -3.11. The number of carbonyl (C=O) groups excluding carboxylic acids is 1. The molecule has 0 spiro atoms. The minimum absolute atomic E-state index is 0.0138. The number of fused-ring (bicyclic) bond motifs is 3. The first-order valence-corrected chi connectivity index (χ1v) is 9.49. The minimum atomic E-state index is -0.733. The summed E-state index contributed by atoms with van der Waals surface area (Å²) in [6.45, 7) is 1.91. The van der Waals surface area contributed by atoms with Crippen molar-refractivity contribution in [1.82, 2.24) is 5.32 Å². The van der Waals surface area contributed by atoms with E-state index in [2.05, 4.69) is 29.6 Å². The Morgan fingerprint density at radius 1 is 0.929 bits per heavy atom. The Kier molecular flexibility index (Phi) is 5.13. The normalized spacial score (nSPS) is 14.6. The largest absolute Gasteiger partial charge is 0.449 e. The topological polar surface area (TPSA) is 58.6 Å². The van der Waals surface area contributed by atoms with Crippen LogP contribution in [0.2, 0.25) is 0 Å². The molecular weight excluding hydrogens is 350 g/mol. The molecule has 0 saturated carbocycles. The van der Waals surface area contributed by atoms with E-state index in [1.54, 1.807) is 6.92 Å². The molecule has 0 radical (unpaired) electrons. The number of ether oxygens (including phenoxy) is 1. The number of carbonyl (C=O) groups is 1. The van der Waals surface area contributed by atoms with Crippen molar-refractivity contribution in [3.8, 4) is 11.1 Å². The van der Waals surface area contributed by atoms with Crippen LogP contribution in [0.15, 0.2) is 78.9 Å². The molecule has 4 nitrogen and oxygen atoms in total. The standard InChI is InChI=1S/C24H23NO3/c1-16(26)23(17-9-3-2-4-10-17)25-24(27)28-15-22-20-13-7-5-11-18(20)19-12-6-8-14-21(19)22/h2-14,16,22-23,26H,15H2,1H3,(H,25,27). The molecular formula is C24H23NO3. The van der Waals surface area contributed by atoms with Gasteiger partial charge in [0.2, 0.25) is 0 Å². The second-order valence-corrected chi connectivity index (χ2v) is 7.10. The van der Waals surface area contributed by atoms with Gasteiger partial charge in [0.1, 0.15) is 6.61 Å². The summed E-state index contributed by atoms with van der Waals surface area (Å²) < 4.78 is 5.58. The highest BCUT2D eigenvalue weighted by Crippen LogP contribution is 2.44. The summed E-state index contributed by atoms with van der Waals surface area (Å²) in [5, 5.41) is 12.9. The molecule has 0 fully saturated rings. The maximum atomic E-state index is 12.5. The van der Waals surface area contributed by atoms with Crippen molar-refractivity contribution < 1.29 is 14.6 Å². The van der Waals surface area contributed by atoms with Crippen LogP contribution in [0.1, 0.15) is 35.6 Å². The van der Waals surface area contributed by atoms with Gasteiger partial charge in [-0.05, 0) is 34.7 Å². The molecule has 0 bridgehead atoms. The molecule has 2 N–H and O–H groups in total. The van der Waals surface area contributed by atoms with Crippen LogP contribution in [-0.2, 0) is 4.74 Å². The molecule has 3 aromatic rings. The lowest BCUT2D eigenvalue weighted by molar-refractivity contribution is 0.112. The molecule has 0 aromatic heterocycles. The van der Waals surface area contributed by atoms with Crippen molar-refractivity contribution in [3.63, 3.8) is 0 Å². The van der Waals surface area contributed by atoms with E-state index in [1.165, 1.54) is 22.3 Å². The molecule has 0 saturated heterocycles. The molecule has 2 atom stereocenters. The van der Waals surface area contributed by atoms with Gasteiger partial charge in [0.05, 0.1) is 12.1 Å². The smallest absolute Gasteiger partial charge is 0.407 e. The number of benzene rings is 3. The third kappa shape index (κ3) is 3.51. The number of amides is 1. The van der Waals surface area contributed by atoms with E-state index < -0.39 is 18.2 Å². The number of nitrogens with one attached hydrogen (secondary N) is 1. The van der Waals surface area contributed by atoms with Crippen LogP contribution in [-0.4, -0.2) is 23.9 Å². The second kappa shape index (κ2) is 7.87. The SMILES string of the molecule is CC(O)C(NC(=O)OCC1c2ccccc2-c2ccccc21)c1ccccc1. The molecule has 142 valence electrons. The van der Waals surface area contributed by atoms with Crippen molar-refractivity contribution in [1.29, 1.82) is 0 Å². The van der Waals surface area contributed by atoms with Gasteiger partial charge in [-0.1, -0.05) is 78.9 Å². The van der Waals surface area contributed by atoms with E-state index in [1.807, 2.05) is 54.6 Å². The molecule has 4 rings (SSSR count). The van der Waals surface area contributed by atoms with Crippen LogP contribution < -0.4 is 5.32 Å². The third-order valence-corrected chi connectivity index (χ3v) is 5.26. The summed E-state index contributed by atoms with van der Waals surface area (Å²) in [6.07, 6.45) is -1.26. The maximum absolute atomic E-state index is 12.5. The molecule has 1 amide bonds. The van der Waals surface area contributed by atoms with Crippen LogP contribution in [0.3, 0.4) is 0 Å². The summed E-state index contributed by atoms with van der Waals surface area (Å²) >= 11 is 0. The minimum Gasteiger partial charge on any atom is -0.449 e. The highest BCUT2D eigenvalue weighted by Gasteiger charge is 2.29. The number of aliphatic hydroxyl groups excluding tert-OH is 1. The van der Waals surface area contributed by atoms with Gasteiger partial charge < -0.3 is 15.2 Å². The van der Waals surface area contributed by atoms with Crippen molar-refractivity contribution in [2.24, 2.45) is 0 Å². The first-order chi connectivity index (χ1) is 13.6. The lowest BCUT2D eigenvalue weighted by atomic mass is 9.98. The van der Waals surface area contributed by atoms with Gasteiger partial charge in [0.25, 0.3) is 0 Å². The number of alkyl carbamates (subject to hydrolysis) is 1. The Morgan fingerprint density at radius 2 is 1.46 bits per heavy atom. The summed E-state index contributed by atoms with van der Waals surface area (Å²) in [5.41, 5.74) is 5.57. The molecule has 3 aromatic carbocycles. The zero-order valence-corrected chi connectivity index (χ0v) is 15.7. The fraction of sp³-hybridized carbons (Fsp3) is 0.208. The second-order valence-electron chi connectivity index (χ2n) is 7.10. The van der Waals surface area contributed by atoms with E-state index in [-0.39, 0.29) is 12.5 Å². The van der Waals surface area contributed by atoms with Crippen LogP contribution in [0.4, 0.5) is 4.79 Å². The van der Waals surface area contributed by atoms with E-state index in [9.17, 15) is 9.90 Å². The average molecular weight is 373 g/mol. The molecule has 0 heterocycles. The molecule has 1 aliphatic rings. The van der Waals surface area contributed by atoms with Crippen LogP contribution in [0.25, 0.3) is 11.1 Å². The van der Waals surface area contributed by atoms with E-state index >= 15 is 0 Å². The highest BCUT2D eigenvalue weighted by atomic mass is 16.5. The van der Waals surface area contributed by atoms with Crippen LogP contribution >= 0.6 is 0 Å². The van der Waals surface area contributed by atoms with Gasteiger partial charge in [-0.2, -0.15) is 0 Å². The van der Waals surface area contributed by atoms with E-state index in [0.29, 0.717) is 0 Å². The summed E-state index contributed by atoms with van der Waals surface area (Å²) in [7, 11) is 0. The van der Waals surface area contributed by atoms with Crippen molar-refractivity contribution in [3.05, 3.63) is 95.6 Å². The Labute approximate surface area is 164 Å². The Morgan fingerprint density at radius 3 is 2.04 bits per heavy atom. The molecule has 4 heteroatoms. The molecule has 28 heavy (non-hydrogen) atoms. The number of hydrogen-bond acceptors (Lipinski definition) is 3. The first-order valence-electron chi connectivity index (χ1n) is 9.49. The quantitative estimate of drug-likeness (QED) is 0.685. The molecule has 0 aliphatic heterocycles. The summed E-state index contributed by atoms with van der Waals surface area (Å²) in [6, 6.07) is 25.3. The van der Waals surface area contributed by atoms with E-state index in [0.717, 1.165) is 5.56 Å². The summed E-state index contributed by atoms with van der Waals surface area (Å²) in [4.78, 5) is 12.5. The Balaban J connectivity index is 1.48. The van der Waals surface area contributed by atoms with Crippen LogP contribution in [0, 0.1) is 0 Å². The zero-order valence-electron chi connectivity index (χ0n) is 15.7. The van der Waals surface area contributed by atoms with Gasteiger partial charge in [0, 0.05) is 5.92 Å². The highest BCUT2D eigenvalue weighted by molar-refractivity contribution is 5.79. The predicted octanol–water partition coefficient (Wildman–Crippen LogP) is 4.65. The average Bonchev–Trinajstić information content (AvgIpc) is 3.05. The first kappa shape index (κ1) is 18.3. The lowest BCUT2D eigenvalue weighted by Gasteiger charge is -2.22. The van der Waals surface area contributed by atoms with Crippen LogP contribution in [0.5, 0.6) is 0 Å². The summed E-state index contributed by atoms with van der Waals surface area (Å²) in [5.74, 6) is 0.0138. The molecule has 2 unspecified atom stereocenters. The fourth-order valence-electron chi connectivity index (χ4n) is 3.91. The van der Waals surface area contributed by atoms with Gasteiger partial charge >= 0.3 is 6.09 Å². The van der Waals surface area contributed by atoms with Gasteiger partial charge in [-0.25, -0.2) is 4.79 Å². The third-order valence-electron chi connectivity index (χ3n) is 5.26. The zero-order chi connectivity index (χ0) is 19.5. The maximum Gasteiger partial charge on any atom is 0.407 e. The van der Waals surface area contributed by atoms with E-state index in [4.69, 9.17) is 4.74 Å². The number of aliphatic hydroxyl groups is 1. The Bertz CT molecular complexity index is 923.